The lowest BCUT2D eigenvalue weighted by Gasteiger charge is -2.22. The Bertz CT molecular complexity index is 466. The van der Waals surface area contributed by atoms with E-state index >= 15 is 0 Å². The molecule has 1 heterocycles. The van der Waals surface area contributed by atoms with Gasteiger partial charge in [-0.2, -0.15) is 0 Å². The molecule has 0 spiro atoms. The Morgan fingerprint density at radius 2 is 2.19 bits per heavy atom. The maximum absolute atomic E-state index is 11.7. The van der Waals surface area contributed by atoms with Gasteiger partial charge in [0.05, 0.1) is 13.7 Å². The molecule has 0 radical (unpaired) electrons. The van der Waals surface area contributed by atoms with Gasteiger partial charge in [-0.25, -0.2) is 4.79 Å². The van der Waals surface area contributed by atoms with Gasteiger partial charge in [0, 0.05) is 6.61 Å². The van der Waals surface area contributed by atoms with Crippen LogP contribution in [0.1, 0.15) is 35.2 Å². The van der Waals surface area contributed by atoms with Gasteiger partial charge in [0.2, 0.25) is 0 Å². The highest BCUT2D eigenvalue weighted by Gasteiger charge is 2.16. The number of benzene rings is 1. The second-order valence-corrected chi connectivity index (χ2v) is 4.96. The normalized spacial score (nSPS) is 18.3. The van der Waals surface area contributed by atoms with Crippen LogP contribution in [0.15, 0.2) is 18.2 Å². The van der Waals surface area contributed by atoms with Gasteiger partial charge in [-0.1, -0.05) is 12.1 Å². The minimum atomic E-state index is -0.398. The minimum absolute atomic E-state index is 0.126. The Labute approximate surface area is 125 Å². The first-order valence-corrected chi connectivity index (χ1v) is 7.26. The van der Waals surface area contributed by atoms with Crippen LogP contribution in [0.4, 0.5) is 0 Å². The van der Waals surface area contributed by atoms with Crippen molar-refractivity contribution >= 4 is 5.97 Å². The van der Waals surface area contributed by atoms with Gasteiger partial charge in [-0.05, 0) is 37.8 Å². The maximum Gasteiger partial charge on any atom is 0.341 e. The van der Waals surface area contributed by atoms with Gasteiger partial charge >= 0.3 is 5.97 Å². The molecule has 1 saturated heterocycles. The monoisotopic (exact) mass is 294 g/mol. The number of esters is 1. The zero-order chi connectivity index (χ0) is 15.1. The lowest BCUT2D eigenvalue weighted by Crippen LogP contribution is -2.24. The number of ether oxygens (including phenoxy) is 4. The van der Waals surface area contributed by atoms with Gasteiger partial charge in [0.25, 0.3) is 0 Å². The summed E-state index contributed by atoms with van der Waals surface area (Å²) in [6.07, 6.45) is 3.04. The highest BCUT2D eigenvalue weighted by atomic mass is 16.7. The van der Waals surface area contributed by atoms with Gasteiger partial charge in [0.1, 0.15) is 17.9 Å². The molecule has 1 aliphatic rings. The first-order valence-electron chi connectivity index (χ1n) is 7.26. The molecule has 116 valence electrons. The van der Waals surface area contributed by atoms with Crippen molar-refractivity contribution in [3.05, 3.63) is 29.3 Å². The topological polar surface area (TPSA) is 54.0 Å². The van der Waals surface area contributed by atoms with E-state index < -0.39 is 5.97 Å². The molecule has 1 atom stereocenters. The van der Waals surface area contributed by atoms with Crippen LogP contribution in [0.2, 0.25) is 0 Å². The molecule has 1 fully saturated rings. The van der Waals surface area contributed by atoms with Crippen molar-refractivity contribution < 1.29 is 23.7 Å². The molecular weight excluding hydrogens is 272 g/mol. The summed E-state index contributed by atoms with van der Waals surface area (Å²) in [6, 6.07) is 5.40. The maximum atomic E-state index is 11.7. The van der Waals surface area contributed by atoms with Crippen LogP contribution in [-0.2, 0) is 14.2 Å². The summed E-state index contributed by atoms with van der Waals surface area (Å²) in [5, 5.41) is 0. The van der Waals surface area contributed by atoms with Crippen LogP contribution < -0.4 is 4.74 Å². The van der Waals surface area contributed by atoms with E-state index in [1.807, 2.05) is 13.0 Å². The second kappa shape index (κ2) is 8.00. The molecule has 0 bridgehead atoms. The third kappa shape index (κ3) is 4.44. The molecule has 1 aromatic carbocycles. The minimum Gasteiger partial charge on any atom is -0.490 e. The average Bonchev–Trinajstić information content (AvgIpc) is 2.53. The van der Waals surface area contributed by atoms with Gasteiger partial charge < -0.3 is 18.9 Å². The fourth-order valence-electron chi connectivity index (χ4n) is 2.28. The van der Waals surface area contributed by atoms with Crippen LogP contribution in [-0.4, -0.2) is 39.2 Å². The third-order valence-corrected chi connectivity index (χ3v) is 3.39. The zero-order valence-electron chi connectivity index (χ0n) is 12.6. The Hall–Kier alpha value is -1.59. The Morgan fingerprint density at radius 3 is 2.90 bits per heavy atom. The van der Waals surface area contributed by atoms with Crippen molar-refractivity contribution in [3.63, 3.8) is 0 Å². The Kier molecular flexibility index (Phi) is 6.02. The number of hydrogen-bond donors (Lipinski definition) is 0. The fraction of sp³-hybridized carbons (Fsp3) is 0.562. The molecule has 0 aromatic heterocycles. The van der Waals surface area contributed by atoms with Crippen molar-refractivity contribution in [1.29, 1.82) is 0 Å². The molecule has 2 rings (SSSR count). The predicted molar refractivity (Wildman–Crippen MR) is 77.6 cm³/mol. The first kappa shape index (κ1) is 15.8. The molecule has 21 heavy (non-hydrogen) atoms. The molecule has 0 amide bonds. The first-order chi connectivity index (χ1) is 10.2. The van der Waals surface area contributed by atoms with Crippen LogP contribution in [0.5, 0.6) is 5.75 Å². The van der Waals surface area contributed by atoms with Crippen LogP contribution in [0.3, 0.4) is 0 Å². The predicted octanol–water partition coefficient (Wildman–Crippen LogP) is 2.70. The van der Waals surface area contributed by atoms with E-state index in [-0.39, 0.29) is 6.29 Å². The third-order valence-electron chi connectivity index (χ3n) is 3.39. The molecule has 0 aliphatic carbocycles. The lowest BCUT2D eigenvalue weighted by molar-refractivity contribution is -0.165. The molecular formula is C16H22O5. The van der Waals surface area contributed by atoms with Crippen molar-refractivity contribution in [2.45, 2.75) is 32.5 Å². The standard InChI is InChI=1S/C16H22O5/c1-12-6-5-7-13(16(17)18-2)15(12)21-11-10-20-14-8-3-4-9-19-14/h5-7,14H,3-4,8-11H2,1-2H3. The van der Waals surface area contributed by atoms with Crippen molar-refractivity contribution in [1.82, 2.24) is 0 Å². The van der Waals surface area contributed by atoms with Crippen molar-refractivity contribution in [2.75, 3.05) is 26.9 Å². The summed E-state index contributed by atoms with van der Waals surface area (Å²) in [4.78, 5) is 11.7. The van der Waals surface area contributed by atoms with E-state index in [9.17, 15) is 4.79 Å². The lowest BCUT2D eigenvalue weighted by atomic mass is 10.1. The summed E-state index contributed by atoms with van der Waals surface area (Å²) in [7, 11) is 1.36. The van der Waals surface area contributed by atoms with Gasteiger partial charge in [0.15, 0.2) is 6.29 Å². The van der Waals surface area contributed by atoms with E-state index in [4.69, 9.17) is 18.9 Å². The van der Waals surface area contributed by atoms with Gasteiger partial charge in [-0.3, -0.25) is 0 Å². The number of hydrogen-bond acceptors (Lipinski definition) is 5. The van der Waals surface area contributed by atoms with Crippen molar-refractivity contribution in [3.8, 4) is 5.75 Å². The number of para-hydroxylation sites is 1. The molecule has 0 saturated carbocycles. The van der Waals surface area contributed by atoms with E-state index in [0.717, 1.165) is 31.4 Å². The van der Waals surface area contributed by atoms with Crippen LogP contribution in [0.25, 0.3) is 0 Å². The van der Waals surface area contributed by atoms with Crippen molar-refractivity contribution in [2.24, 2.45) is 0 Å². The van der Waals surface area contributed by atoms with Crippen LogP contribution >= 0.6 is 0 Å². The van der Waals surface area contributed by atoms with E-state index in [1.54, 1.807) is 12.1 Å². The summed E-state index contributed by atoms with van der Waals surface area (Å²) >= 11 is 0. The number of carbonyl (C=O) groups is 1. The molecule has 5 nitrogen and oxygen atoms in total. The molecule has 5 heteroatoms. The average molecular weight is 294 g/mol. The van der Waals surface area contributed by atoms with E-state index in [0.29, 0.717) is 24.5 Å². The molecule has 1 unspecified atom stereocenters. The van der Waals surface area contributed by atoms with E-state index in [2.05, 4.69) is 0 Å². The molecule has 0 N–H and O–H groups in total. The summed E-state index contributed by atoms with van der Waals surface area (Å²) in [5.74, 6) is 0.155. The number of rotatable bonds is 6. The van der Waals surface area contributed by atoms with E-state index in [1.165, 1.54) is 7.11 Å². The Balaban J connectivity index is 1.86. The van der Waals surface area contributed by atoms with Gasteiger partial charge in [-0.15, -0.1) is 0 Å². The number of aryl methyl sites for hydroxylation is 1. The molecule has 1 aliphatic heterocycles. The summed E-state index contributed by atoms with van der Waals surface area (Å²) in [5.41, 5.74) is 1.33. The SMILES string of the molecule is COC(=O)c1cccc(C)c1OCCOC1CCCCO1. The zero-order valence-corrected chi connectivity index (χ0v) is 12.6. The smallest absolute Gasteiger partial charge is 0.341 e. The largest absolute Gasteiger partial charge is 0.490 e. The van der Waals surface area contributed by atoms with Crippen LogP contribution in [0, 0.1) is 6.92 Å². The highest BCUT2D eigenvalue weighted by molar-refractivity contribution is 5.92. The quantitative estimate of drug-likeness (QED) is 0.596. The summed E-state index contributed by atoms with van der Waals surface area (Å²) in [6.45, 7) is 3.46. The fourth-order valence-corrected chi connectivity index (χ4v) is 2.28. The number of carbonyl (C=O) groups excluding carboxylic acids is 1. The summed E-state index contributed by atoms with van der Waals surface area (Å²) < 4.78 is 21.6. The highest BCUT2D eigenvalue weighted by Crippen LogP contribution is 2.24. The second-order valence-electron chi connectivity index (χ2n) is 4.96. The molecule has 1 aromatic rings. The Morgan fingerprint density at radius 1 is 1.33 bits per heavy atom. The number of methoxy groups -OCH3 is 1.